The number of ether oxygens (including phenoxy) is 2. The summed E-state index contributed by atoms with van der Waals surface area (Å²) in [7, 11) is 0. The molecule has 1 fully saturated rings. The number of benzene rings is 1. The van der Waals surface area contributed by atoms with Gasteiger partial charge in [0.15, 0.2) is 0 Å². The molecule has 29 heavy (non-hydrogen) atoms. The average Bonchev–Trinajstić information content (AvgIpc) is 2.78. The first-order valence-corrected chi connectivity index (χ1v) is 9.63. The third kappa shape index (κ3) is 5.11. The lowest BCUT2D eigenvalue weighted by Gasteiger charge is -2.27. The van der Waals surface area contributed by atoms with Crippen LogP contribution in [0.1, 0.15) is 0 Å². The summed E-state index contributed by atoms with van der Waals surface area (Å²) in [6, 6.07) is 15.6. The summed E-state index contributed by atoms with van der Waals surface area (Å²) >= 11 is 0. The molecular weight excluding hydrogens is 368 g/mol. The molecule has 1 aromatic carbocycles. The Morgan fingerprint density at radius 3 is 2.66 bits per heavy atom. The fraction of sp³-hybridized carbons (Fsp3) is 0.286. The van der Waals surface area contributed by atoms with Gasteiger partial charge in [0, 0.05) is 30.9 Å². The molecule has 1 saturated heterocycles. The summed E-state index contributed by atoms with van der Waals surface area (Å²) in [5.74, 6) is 2.65. The predicted octanol–water partition coefficient (Wildman–Crippen LogP) is 2.45. The van der Waals surface area contributed by atoms with Crippen LogP contribution in [0.25, 0.3) is 11.3 Å². The molecule has 0 amide bonds. The van der Waals surface area contributed by atoms with E-state index in [1.807, 2.05) is 54.7 Å². The number of nitrogens with one attached hydrogen (secondary N) is 1. The molecule has 1 aliphatic heterocycles. The van der Waals surface area contributed by atoms with E-state index in [9.17, 15) is 0 Å². The van der Waals surface area contributed by atoms with Gasteiger partial charge in [0.1, 0.15) is 24.0 Å². The molecule has 8 nitrogen and oxygen atoms in total. The highest BCUT2D eigenvalue weighted by Gasteiger charge is 2.13. The number of morpholine rings is 1. The highest BCUT2D eigenvalue weighted by Crippen LogP contribution is 2.22. The van der Waals surface area contributed by atoms with Crippen LogP contribution < -0.4 is 20.7 Å². The van der Waals surface area contributed by atoms with Crippen LogP contribution in [0.5, 0.6) is 5.75 Å². The van der Waals surface area contributed by atoms with E-state index < -0.39 is 0 Å². The molecule has 3 aromatic rings. The summed E-state index contributed by atoms with van der Waals surface area (Å²) in [4.78, 5) is 15.4. The Kier molecular flexibility index (Phi) is 6.01. The molecule has 0 spiro atoms. The van der Waals surface area contributed by atoms with Gasteiger partial charge in [0.25, 0.3) is 0 Å². The third-order valence-corrected chi connectivity index (χ3v) is 4.54. The van der Waals surface area contributed by atoms with Crippen molar-refractivity contribution in [3.8, 4) is 17.0 Å². The minimum absolute atomic E-state index is 0.214. The second-order valence-electron chi connectivity index (χ2n) is 6.59. The van der Waals surface area contributed by atoms with Gasteiger partial charge in [-0.25, -0.2) is 9.97 Å². The fourth-order valence-electron chi connectivity index (χ4n) is 3.09. The molecule has 150 valence electrons. The van der Waals surface area contributed by atoms with Crippen molar-refractivity contribution >= 4 is 17.6 Å². The maximum atomic E-state index is 5.90. The van der Waals surface area contributed by atoms with E-state index in [0.29, 0.717) is 19.0 Å². The normalized spacial score (nSPS) is 13.9. The van der Waals surface area contributed by atoms with E-state index in [4.69, 9.17) is 15.2 Å². The Hall–Kier alpha value is -3.39. The smallest absolute Gasteiger partial charge is 0.222 e. The topological polar surface area (TPSA) is 98.4 Å². The minimum atomic E-state index is 0.214. The van der Waals surface area contributed by atoms with Gasteiger partial charge in [0.05, 0.1) is 25.5 Å². The van der Waals surface area contributed by atoms with Crippen molar-refractivity contribution in [1.82, 2.24) is 15.0 Å². The van der Waals surface area contributed by atoms with Crippen molar-refractivity contribution in [2.45, 2.75) is 0 Å². The van der Waals surface area contributed by atoms with Crippen LogP contribution in [0.15, 0.2) is 54.7 Å². The highest BCUT2D eigenvalue weighted by molar-refractivity contribution is 5.64. The molecule has 0 saturated carbocycles. The number of anilines is 3. The van der Waals surface area contributed by atoms with Crippen molar-refractivity contribution in [2.75, 3.05) is 55.4 Å². The zero-order valence-corrected chi connectivity index (χ0v) is 16.1. The van der Waals surface area contributed by atoms with E-state index >= 15 is 0 Å². The molecule has 1 aliphatic rings. The van der Waals surface area contributed by atoms with Crippen LogP contribution in [-0.4, -0.2) is 54.4 Å². The average molecular weight is 392 g/mol. The standard InChI is InChI=1S/C21H24N6O2/c22-21-25-18(16-6-7-20(24-15-16)27-9-12-28-13-10-27)14-19(26-21)23-8-11-29-17-4-2-1-3-5-17/h1-7,14-15H,8-13H2,(H3,22,23,25,26). The zero-order valence-electron chi connectivity index (χ0n) is 16.1. The molecule has 0 radical (unpaired) electrons. The fourth-order valence-corrected chi connectivity index (χ4v) is 3.09. The number of hydrogen-bond donors (Lipinski definition) is 2. The molecule has 3 N–H and O–H groups in total. The number of para-hydroxylation sites is 1. The molecule has 0 atom stereocenters. The largest absolute Gasteiger partial charge is 0.492 e. The lowest BCUT2D eigenvalue weighted by atomic mass is 10.2. The van der Waals surface area contributed by atoms with Crippen molar-refractivity contribution in [1.29, 1.82) is 0 Å². The summed E-state index contributed by atoms with van der Waals surface area (Å²) in [6.45, 7) is 4.28. The van der Waals surface area contributed by atoms with Crippen LogP contribution in [0.3, 0.4) is 0 Å². The zero-order chi connectivity index (χ0) is 19.9. The highest BCUT2D eigenvalue weighted by atomic mass is 16.5. The maximum Gasteiger partial charge on any atom is 0.222 e. The number of pyridine rings is 1. The lowest BCUT2D eigenvalue weighted by molar-refractivity contribution is 0.122. The first-order chi connectivity index (χ1) is 14.3. The van der Waals surface area contributed by atoms with Gasteiger partial charge >= 0.3 is 0 Å². The number of rotatable bonds is 7. The van der Waals surface area contributed by atoms with Gasteiger partial charge in [-0.05, 0) is 24.3 Å². The molecule has 0 aliphatic carbocycles. The molecule has 0 unspecified atom stereocenters. The Balaban J connectivity index is 1.38. The first kappa shape index (κ1) is 18.9. The van der Waals surface area contributed by atoms with Crippen molar-refractivity contribution in [3.63, 3.8) is 0 Å². The van der Waals surface area contributed by atoms with Gasteiger partial charge in [-0.2, -0.15) is 4.98 Å². The van der Waals surface area contributed by atoms with Gasteiger partial charge in [0.2, 0.25) is 5.95 Å². The molecule has 4 rings (SSSR count). The maximum absolute atomic E-state index is 5.90. The second kappa shape index (κ2) is 9.20. The molecule has 0 bridgehead atoms. The Labute approximate surface area is 169 Å². The Morgan fingerprint density at radius 2 is 1.90 bits per heavy atom. The van der Waals surface area contributed by atoms with E-state index in [2.05, 4.69) is 25.2 Å². The molecule has 3 heterocycles. The summed E-state index contributed by atoms with van der Waals surface area (Å²) in [6.07, 6.45) is 1.81. The number of nitrogens with two attached hydrogens (primary N) is 1. The lowest BCUT2D eigenvalue weighted by Crippen LogP contribution is -2.36. The molecular formula is C21H24N6O2. The van der Waals surface area contributed by atoms with Crippen molar-refractivity contribution in [3.05, 3.63) is 54.7 Å². The quantitative estimate of drug-likeness (QED) is 0.592. The number of aromatic nitrogens is 3. The van der Waals surface area contributed by atoms with Crippen LogP contribution >= 0.6 is 0 Å². The number of hydrogen-bond acceptors (Lipinski definition) is 8. The van der Waals surface area contributed by atoms with E-state index in [1.165, 1.54) is 0 Å². The summed E-state index contributed by atoms with van der Waals surface area (Å²) in [5, 5.41) is 3.23. The van der Waals surface area contributed by atoms with Gasteiger partial charge in [-0.1, -0.05) is 18.2 Å². The monoisotopic (exact) mass is 392 g/mol. The van der Waals surface area contributed by atoms with Crippen molar-refractivity contribution in [2.24, 2.45) is 0 Å². The van der Waals surface area contributed by atoms with Gasteiger partial charge in [-0.3, -0.25) is 0 Å². The Morgan fingerprint density at radius 1 is 1.07 bits per heavy atom. The first-order valence-electron chi connectivity index (χ1n) is 9.63. The van der Waals surface area contributed by atoms with Crippen LogP contribution in [0, 0.1) is 0 Å². The van der Waals surface area contributed by atoms with Crippen LogP contribution in [0.4, 0.5) is 17.6 Å². The van der Waals surface area contributed by atoms with E-state index in [1.54, 1.807) is 0 Å². The number of nitrogens with zero attached hydrogens (tertiary/aromatic N) is 4. The molecule has 2 aromatic heterocycles. The van der Waals surface area contributed by atoms with Gasteiger partial charge < -0.3 is 25.4 Å². The van der Waals surface area contributed by atoms with Gasteiger partial charge in [-0.15, -0.1) is 0 Å². The van der Waals surface area contributed by atoms with E-state index in [0.717, 1.165) is 49.1 Å². The summed E-state index contributed by atoms with van der Waals surface area (Å²) < 4.78 is 11.1. The van der Waals surface area contributed by atoms with Crippen molar-refractivity contribution < 1.29 is 9.47 Å². The van der Waals surface area contributed by atoms with Crippen LogP contribution in [0.2, 0.25) is 0 Å². The predicted molar refractivity (Wildman–Crippen MR) is 113 cm³/mol. The third-order valence-electron chi connectivity index (χ3n) is 4.54. The minimum Gasteiger partial charge on any atom is -0.492 e. The second-order valence-corrected chi connectivity index (χ2v) is 6.59. The van der Waals surface area contributed by atoms with E-state index in [-0.39, 0.29) is 5.95 Å². The Bertz CT molecular complexity index is 914. The number of nitrogen functional groups attached to an aromatic ring is 1. The summed E-state index contributed by atoms with van der Waals surface area (Å²) in [5.41, 5.74) is 7.52. The molecule has 8 heteroatoms. The van der Waals surface area contributed by atoms with Crippen LogP contribution in [-0.2, 0) is 4.74 Å². The SMILES string of the molecule is Nc1nc(NCCOc2ccccc2)cc(-c2ccc(N3CCOCC3)nc2)n1.